The van der Waals surface area contributed by atoms with E-state index in [9.17, 15) is 30.6 Å². The van der Waals surface area contributed by atoms with Gasteiger partial charge < -0.3 is 40.1 Å². The van der Waals surface area contributed by atoms with Crippen molar-refractivity contribution in [1.82, 2.24) is 0 Å². The van der Waals surface area contributed by atoms with Gasteiger partial charge in [-0.1, -0.05) is 18.2 Å². The monoisotopic (exact) mass is 500 g/mol. The average molecular weight is 501 g/mol. The lowest BCUT2D eigenvalue weighted by Gasteiger charge is -2.21. The second kappa shape index (κ2) is 9.23. The number of phenolic OH excluding ortho intramolecular Hbond substituents is 6. The van der Waals surface area contributed by atoms with E-state index in [2.05, 4.69) is 0 Å². The Hall–Kier alpha value is -4.98. The Labute approximate surface area is 212 Å². The first-order chi connectivity index (χ1) is 17.7. The Morgan fingerprint density at radius 2 is 1.41 bits per heavy atom. The van der Waals surface area contributed by atoms with Gasteiger partial charge in [0.05, 0.1) is 13.0 Å². The van der Waals surface area contributed by atoms with E-state index in [0.29, 0.717) is 33.8 Å². The first kappa shape index (κ1) is 23.7. The molecule has 0 amide bonds. The van der Waals surface area contributed by atoms with Gasteiger partial charge in [0.25, 0.3) is 0 Å². The number of hydrogen-bond acceptors (Lipinski definition) is 8. The second-order valence-corrected chi connectivity index (χ2v) is 8.76. The minimum atomic E-state index is -0.830. The summed E-state index contributed by atoms with van der Waals surface area (Å²) in [5.41, 5.74) is 2.62. The third-order valence-corrected chi connectivity index (χ3v) is 6.29. The summed E-state index contributed by atoms with van der Waals surface area (Å²) >= 11 is 0. The van der Waals surface area contributed by atoms with Crippen molar-refractivity contribution in [2.75, 3.05) is 7.11 Å². The highest BCUT2D eigenvalue weighted by molar-refractivity contribution is 5.74. The standard InChI is InChI=1S/C29H24O8/c1-36-25-9-15(4-7-22(25)33)2-3-16-8-24(35)28-26(10-16)37-29(21-6-5-18(30)14-23(21)34)27(28)17-11-19(31)13-20(32)12-17/h2-14,27,29-35H,1H3/t27-,29+/m0/s1. The number of rotatable bonds is 5. The number of fused-ring (bicyclic) bond motifs is 1. The van der Waals surface area contributed by atoms with Crippen LogP contribution in [0, 0.1) is 0 Å². The van der Waals surface area contributed by atoms with Crippen molar-refractivity contribution in [2.45, 2.75) is 12.0 Å². The van der Waals surface area contributed by atoms with Crippen molar-refractivity contribution < 1.29 is 40.1 Å². The number of methoxy groups -OCH3 is 1. The highest BCUT2D eigenvalue weighted by Gasteiger charge is 2.40. The fourth-order valence-electron chi connectivity index (χ4n) is 4.64. The van der Waals surface area contributed by atoms with E-state index in [1.165, 1.54) is 49.6 Å². The Morgan fingerprint density at radius 1 is 0.676 bits per heavy atom. The summed E-state index contributed by atoms with van der Waals surface area (Å²) in [6.45, 7) is 0. The zero-order valence-corrected chi connectivity index (χ0v) is 19.7. The molecule has 4 aromatic rings. The quantitative estimate of drug-likeness (QED) is 0.201. The average Bonchev–Trinajstić information content (AvgIpc) is 3.22. The Kier molecular flexibility index (Phi) is 5.93. The normalized spacial score (nSPS) is 16.5. The molecule has 8 nitrogen and oxygen atoms in total. The lowest BCUT2D eigenvalue weighted by Crippen LogP contribution is -2.11. The van der Waals surface area contributed by atoms with Crippen LogP contribution in [0.4, 0.5) is 0 Å². The van der Waals surface area contributed by atoms with E-state index in [0.717, 1.165) is 5.56 Å². The van der Waals surface area contributed by atoms with Gasteiger partial charge in [-0.05, 0) is 65.2 Å². The van der Waals surface area contributed by atoms with Crippen molar-refractivity contribution in [3.8, 4) is 46.0 Å². The maximum Gasteiger partial charge on any atom is 0.161 e. The van der Waals surface area contributed by atoms with Crippen LogP contribution in [0.2, 0.25) is 0 Å². The molecule has 1 aliphatic rings. The van der Waals surface area contributed by atoms with Gasteiger partial charge in [-0.2, -0.15) is 0 Å². The molecule has 0 fully saturated rings. The van der Waals surface area contributed by atoms with Gasteiger partial charge >= 0.3 is 0 Å². The van der Waals surface area contributed by atoms with Crippen LogP contribution in [0.15, 0.2) is 66.7 Å². The van der Waals surface area contributed by atoms with Crippen LogP contribution in [0.5, 0.6) is 46.0 Å². The van der Waals surface area contributed by atoms with Crippen molar-refractivity contribution in [2.24, 2.45) is 0 Å². The Bertz CT molecular complexity index is 1500. The Balaban J connectivity index is 1.59. The topological polar surface area (TPSA) is 140 Å². The number of benzene rings is 4. The van der Waals surface area contributed by atoms with Crippen LogP contribution >= 0.6 is 0 Å². The smallest absolute Gasteiger partial charge is 0.161 e. The number of aromatic hydroxyl groups is 6. The molecule has 4 aromatic carbocycles. The molecule has 0 aromatic heterocycles. The first-order valence-corrected chi connectivity index (χ1v) is 11.4. The molecule has 37 heavy (non-hydrogen) atoms. The van der Waals surface area contributed by atoms with E-state index in [-0.39, 0.29) is 34.5 Å². The van der Waals surface area contributed by atoms with E-state index in [1.54, 1.807) is 36.4 Å². The van der Waals surface area contributed by atoms with Crippen LogP contribution in [-0.2, 0) is 0 Å². The molecule has 0 radical (unpaired) electrons. The molecule has 8 heteroatoms. The lowest BCUT2D eigenvalue weighted by molar-refractivity contribution is 0.217. The minimum Gasteiger partial charge on any atom is -0.508 e. The molecule has 188 valence electrons. The van der Waals surface area contributed by atoms with Crippen LogP contribution in [0.1, 0.15) is 39.8 Å². The SMILES string of the molecule is COc1cc(C=Cc2cc(O)c3c(c2)O[C@H](c2ccc(O)cc2O)[C@H]3c2cc(O)cc(O)c2)ccc1O. The molecule has 0 saturated carbocycles. The highest BCUT2D eigenvalue weighted by Crippen LogP contribution is 2.55. The zero-order valence-electron chi connectivity index (χ0n) is 19.7. The summed E-state index contributed by atoms with van der Waals surface area (Å²) in [4.78, 5) is 0. The van der Waals surface area contributed by atoms with Gasteiger partial charge in [-0.25, -0.2) is 0 Å². The molecular formula is C29H24O8. The molecule has 1 aliphatic heterocycles. The molecular weight excluding hydrogens is 476 g/mol. The molecule has 0 aliphatic carbocycles. The second-order valence-electron chi connectivity index (χ2n) is 8.76. The van der Waals surface area contributed by atoms with Gasteiger partial charge in [0.1, 0.15) is 40.6 Å². The molecule has 2 atom stereocenters. The molecule has 5 rings (SSSR count). The molecule has 0 spiro atoms. The largest absolute Gasteiger partial charge is 0.508 e. The number of hydrogen-bond donors (Lipinski definition) is 6. The third-order valence-electron chi connectivity index (χ3n) is 6.29. The zero-order chi connectivity index (χ0) is 26.3. The summed E-state index contributed by atoms with van der Waals surface area (Å²) in [5.74, 6) is -0.713. The minimum absolute atomic E-state index is 0.0239. The van der Waals surface area contributed by atoms with E-state index in [1.807, 2.05) is 0 Å². The summed E-state index contributed by atoms with van der Waals surface area (Å²) in [5, 5.41) is 61.4. The van der Waals surface area contributed by atoms with Crippen molar-refractivity contribution in [3.05, 3.63) is 94.5 Å². The van der Waals surface area contributed by atoms with Gasteiger partial charge in [0.15, 0.2) is 11.5 Å². The van der Waals surface area contributed by atoms with E-state index < -0.39 is 12.0 Å². The maximum absolute atomic E-state index is 11.1. The van der Waals surface area contributed by atoms with Gasteiger partial charge in [-0.3, -0.25) is 0 Å². The fourth-order valence-corrected chi connectivity index (χ4v) is 4.64. The summed E-state index contributed by atoms with van der Waals surface area (Å²) in [7, 11) is 1.46. The van der Waals surface area contributed by atoms with Crippen molar-refractivity contribution >= 4 is 12.2 Å². The molecule has 6 N–H and O–H groups in total. The number of phenols is 6. The van der Waals surface area contributed by atoms with Crippen LogP contribution in [0.3, 0.4) is 0 Å². The first-order valence-electron chi connectivity index (χ1n) is 11.4. The third kappa shape index (κ3) is 4.52. The van der Waals surface area contributed by atoms with Crippen LogP contribution in [0.25, 0.3) is 12.2 Å². The maximum atomic E-state index is 11.1. The fraction of sp³-hybridized carbons (Fsp3) is 0.103. The van der Waals surface area contributed by atoms with E-state index >= 15 is 0 Å². The van der Waals surface area contributed by atoms with Crippen molar-refractivity contribution in [1.29, 1.82) is 0 Å². The predicted octanol–water partition coefficient (Wildman–Crippen LogP) is 5.36. The Morgan fingerprint density at radius 3 is 2.11 bits per heavy atom. The summed E-state index contributed by atoms with van der Waals surface area (Å²) in [6.07, 6.45) is 2.71. The van der Waals surface area contributed by atoms with Crippen LogP contribution in [-0.4, -0.2) is 37.7 Å². The van der Waals surface area contributed by atoms with Gasteiger partial charge in [0, 0.05) is 23.3 Å². The molecule has 1 heterocycles. The highest BCUT2D eigenvalue weighted by atomic mass is 16.5. The van der Waals surface area contributed by atoms with Crippen molar-refractivity contribution in [3.63, 3.8) is 0 Å². The van der Waals surface area contributed by atoms with Gasteiger partial charge in [-0.15, -0.1) is 0 Å². The predicted molar refractivity (Wildman–Crippen MR) is 136 cm³/mol. The lowest BCUT2D eigenvalue weighted by atomic mass is 9.84. The molecule has 0 unspecified atom stereocenters. The van der Waals surface area contributed by atoms with E-state index in [4.69, 9.17) is 9.47 Å². The molecule has 0 saturated heterocycles. The molecule has 0 bridgehead atoms. The van der Waals surface area contributed by atoms with Gasteiger partial charge in [0.2, 0.25) is 0 Å². The summed E-state index contributed by atoms with van der Waals surface area (Å²) < 4.78 is 11.4. The van der Waals surface area contributed by atoms with Crippen LogP contribution < -0.4 is 9.47 Å². The number of ether oxygens (including phenoxy) is 2. The summed E-state index contributed by atoms with van der Waals surface area (Å²) in [6, 6.07) is 16.4.